The summed E-state index contributed by atoms with van der Waals surface area (Å²) < 4.78 is 3.96. The van der Waals surface area contributed by atoms with Gasteiger partial charge in [0.1, 0.15) is 12.2 Å². The molecular weight excluding hydrogens is 344 g/mol. The summed E-state index contributed by atoms with van der Waals surface area (Å²) in [6, 6.07) is 6.94. The van der Waals surface area contributed by atoms with E-state index in [2.05, 4.69) is 5.32 Å². The Morgan fingerprint density at radius 1 is 1.16 bits per heavy atom. The fourth-order valence-corrected chi connectivity index (χ4v) is 3.06. The molecule has 0 spiro atoms. The number of anilines is 1. The minimum absolute atomic E-state index is 0.0475. The summed E-state index contributed by atoms with van der Waals surface area (Å²) >= 11 is 6.12. The van der Waals surface area contributed by atoms with E-state index >= 15 is 0 Å². The van der Waals surface area contributed by atoms with Crippen molar-refractivity contribution in [1.29, 1.82) is 0 Å². The number of aromatic nitrogens is 3. The third-order valence-electron chi connectivity index (χ3n) is 4.07. The van der Waals surface area contributed by atoms with Gasteiger partial charge in [0.15, 0.2) is 0 Å². The number of aryl methyl sites for hydroxylation is 2. The maximum absolute atomic E-state index is 12.3. The number of amides is 1. The summed E-state index contributed by atoms with van der Waals surface area (Å²) in [6.07, 6.45) is 1.61. The quantitative estimate of drug-likeness (QED) is 0.771. The summed E-state index contributed by atoms with van der Waals surface area (Å²) in [5.74, 6) is -0.309. The SMILES string of the molecule is Cc1ccc(NC(=O)Cn2ccc3c(=O)n(C)c(=O)n(C)c32)c(Cl)c1. The molecule has 0 unspecified atom stereocenters. The molecule has 0 atom stereocenters. The highest BCUT2D eigenvalue weighted by atomic mass is 35.5. The molecule has 3 rings (SSSR count). The Kier molecular flexibility index (Phi) is 4.26. The molecule has 0 saturated heterocycles. The average molecular weight is 361 g/mol. The van der Waals surface area contributed by atoms with Crippen LogP contribution in [0.2, 0.25) is 5.02 Å². The molecule has 0 aliphatic heterocycles. The highest BCUT2D eigenvalue weighted by Gasteiger charge is 2.15. The van der Waals surface area contributed by atoms with E-state index in [0.29, 0.717) is 21.7 Å². The van der Waals surface area contributed by atoms with Crippen LogP contribution in [0.4, 0.5) is 5.69 Å². The predicted molar refractivity (Wildman–Crippen MR) is 97.2 cm³/mol. The molecule has 0 aliphatic carbocycles. The van der Waals surface area contributed by atoms with E-state index in [9.17, 15) is 14.4 Å². The first-order valence-corrected chi connectivity index (χ1v) is 7.98. The van der Waals surface area contributed by atoms with Gasteiger partial charge in [0, 0.05) is 20.3 Å². The van der Waals surface area contributed by atoms with Crippen LogP contribution in [0.25, 0.3) is 11.0 Å². The molecule has 0 bridgehead atoms. The summed E-state index contributed by atoms with van der Waals surface area (Å²) in [6.45, 7) is 1.86. The fourth-order valence-electron chi connectivity index (χ4n) is 2.78. The van der Waals surface area contributed by atoms with Crippen LogP contribution in [0.5, 0.6) is 0 Å². The van der Waals surface area contributed by atoms with E-state index in [0.717, 1.165) is 10.1 Å². The molecule has 0 saturated carbocycles. The molecule has 0 fully saturated rings. The van der Waals surface area contributed by atoms with Gasteiger partial charge in [0.2, 0.25) is 5.91 Å². The zero-order valence-corrected chi connectivity index (χ0v) is 14.8. The largest absolute Gasteiger partial charge is 0.332 e. The number of nitrogens with one attached hydrogen (secondary N) is 1. The van der Waals surface area contributed by atoms with E-state index in [1.54, 1.807) is 36.0 Å². The molecule has 3 aromatic rings. The minimum Gasteiger partial charge on any atom is -0.324 e. The van der Waals surface area contributed by atoms with Gasteiger partial charge in [0.25, 0.3) is 5.56 Å². The van der Waals surface area contributed by atoms with E-state index in [4.69, 9.17) is 11.6 Å². The van der Waals surface area contributed by atoms with Crippen molar-refractivity contribution in [2.75, 3.05) is 5.32 Å². The van der Waals surface area contributed by atoms with Crippen molar-refractivity contribution < 1.29 is 4.79 Å². The van der Waals surface area contributed by atoms with Crippen LogP contribution >= 0.6 is 11.6 Å². The van der Waals surface area contributed by atoms with Crippen LogP contribution in [0.15, 0.2) is 40.1 Å². The zero-order valence-electron chi connectivity index (χ0n) is 14.0. The van der Waals surface area contributed by atoms with Gasteiger partial charge in [-0.2, -0.15) is 0 Å². The van der Waals surface area contributed by atoms with E-state index in [-0.39, 0.29) is 18.0 Å². The van der Waals surface area contributed by atoms with Crippen molar-refractivity contribution in [2.45, 2.75) is 13.5 Å². The van der Waals surface area contributed by atoms with Gasteiger partial charge < -0.3 is 9.88 Å². The Morgan fingerprint density at radius 3 is 2.56 bits per heavy atom. The van der Waals surface area contributed by atoms with Gasteiger partial charge in [-0.25, -0.2) is 4.79 Å². The monoisotopic (exact) mass is 360 g/mol. The maximum Gasteiger partial charge on any atom is 0.332 e. The zero-order chi connectivity index (χ0) is 18.3. The number of halogens is 1. The number of fused-ring (bicyclic) bond motifs is 1. The van der Waals surface area contributed by atoms with Gasteiger partial charge >= 0.3 is 5.69 Å². The predicted octanol–water partition coefficient (Wildman–Crippen LogP) is 1.64. The van der Waals surface area contributed by atoms with Crippen molar-refractivity contribution >= 4 is 34.2 Å². The molecule has 2 aromatic heterocycles. The van der Waals surface area contributed by atoms with E-state index in [1.165, 1.54) is 11.6 Å². The number of benzene rings is 1. The molecule has 2 heterocycles. The van der Waals surface area contributed by atoms with Gasteiger partial charge in [0.05, 0.1) is 16.1 Å². The minimum atomic E-state index is -0.445. The molecule has 1 aromatic carbocycles. The topological polar surface area (TPSA) is 78.0 Å². The lowest BCUT2D eigenvalue weighted by Crippen LogP contribution is -2.37. The lowest BCUT2D eigenvalue weighted by molar-refractivity contribution is -0.116. The maximum atomic E-state index is 12.3. The Balaban J connectivity index is 1.94. The molecule has 8 heteroatoms. The molecule has 1 amide bonds. The summed E-state index contributed by atoms with van der Waals surface area (Å²) in [5, 5.41) is 3.57. The van der Waals surface area contributed by atoms with Crippen molar-refractivity contribution in [3.63, 3.8) is 0 Å². The van der Waals surface area contributed by atoms with Crippen LogP contribution in [0.1, 0.15) is 5.56 Å². The van der Waals surface area contributed by atoms with Crippen molar-refractivity contribution in [3.05, 3.63) is 61.9 Å². The second-order valence-corrected chi connectivity index (χ2v) is 6.33. The normalized spacial score (nSPS) is 11.0. The summed E-state index contributed by atoms with van der Waals surface area (Å²) in [5.41, 5.74) is 1.07. The third-order valence-corrected chi connectivity index (χ3v) is 4.39. The number of nitrogens with zero attached hydrogens (tertiary/aromatic N) is 3. The number of hydrogen-bond donors (Lipinski definition) is 1. The molecule has 130 valence electrons. The molecule has 1 N–H and O–H groups in total. The Bertz CT molecular complexity index is 1110. The second kappa shape index (κ2) is 6.25. The Morgan fingerprint density at radius 2 is 1.88 bits per heavy atom. The van der Waals surface area contributed by atoms with Crippen LogP contribution in [-0.2, 0) is 25.4 Å². The molecule has 0 radical (unpaired) electrons. The number of rotatable bonds is 3. The number of carbonyl (C=O) groups is 1. The van der Waals surface area contributed by atoms with Gasteiger partial charge in [-0.1, -0.05) is 17.7 Å². The van der Waals surface area contributed by atoms with Crippen LogP contribution in [-0.4, -0.2) is 19.6 Å². The first-order chi connectivity index (χ1) is 11.8. The first-order valence-electron chi connectivity index (χ1n) is 7.60. The molecule has 25 heavy (non-hydrogen) atoms. The van der Waals surface area contributed by atoms with Crippen LogP contribution in [0, 0.1) is 6.92 Å². The van der Waals surface area contributed by atoms with Crippen molar-refractivity contribution in [2.24, 2.45) is 14.1 Å². The van der Waals surface area contributed by atoms with Gasteiger partial charge in [-0.15, -0.1) is 0 Å². The van der Waals surface area contributed by atoms with Crippen molar-refractivity contribution in [1.82, 2.24) is 13.7 Å². The molecular formula is C17H17ClN4O3. The van der Waals surface area contributed by atoms with Gasteiger partial charge in [-0.05, 0) is 30.7 Å². The smallest absolute Gasteiger partial charge is 0.324 e. The van der Waals surface area contributed by atoms with Crippen LogP contribution in [0.3, 0.4) is 0 Å². The highest BCUT2D eigenvalue weighted by molar-refractivity contribution is 6.33. The van der Waals surface area contributed by atoms with E-state index in [1.807, 2.05) is 13.0 Å². The van der Waals surface area contributed by atoms with Gasteiger partial charge in [-0.3, -0.25) is 18.7 Å². The third kappa shape index (κ3) is 2.98. The second-order valence-electron chi connectivity index (χ2n) is 5.92. The fraction of sp³-hybridized carbons (Fsp3) is 0.235. The average Bonchev–Trinajstić information content (AvgIpc) is 2.97. The molecule has 7 nitrogen and oxygen atoms in total. The lowest BCUT2D eigenvalue weighted by Gasteiger charge is -2.11. The Hall–Kier alpha value is -2.80. The Labute approximate surface area is 148 Å². The lowest BCUT2D eigenvalue weighted by atomic mass is 10.2. The van der Waals surface area contributed by atoms with Crippen LogP contribution < -0.4 is 16.6 Å². The highest BCUT2D eigenvalue weighted by Crippen LogP contribution is 2.22. The molecule has 0 aliphatic rings. The van der Waals surface area contributed by atoms with Crippen molar-refractivity contribution in [3.8, 4) is 0 Å². The summed E-state index contributed by atoms with van der Waals surface area (Å²) in [4.78, 5) is 36.6. The number of carbonyl (C=O) groups excluding carboxylic acids is 1. The number of hydrogen-bond acceptors (Lipinski definition) is 3. The van der Waals surface area contributed by atoms with E-state index < -0.39 is 5.69 Å². The first kappa shape index (κ1) is 17.0. The standard InChI is InChI=1S/C17H17ClN4O3/c1-10-4-5-13(12(18)8-10)19-14(23)9-22-7-6-11-15(22)20(2)17(25)21(3)16(11)24/h4-8H,9H2,1-3H3,(H,19,23). The summed E-state index contributed by atoms with van der Waals surface area (Å²) in [7, 11) is 2.99.